The van der Waals surface area contributed by atoms with Gasteiger partial charge >= 0.3 is 0 Å². The van der Waals surface area contributed by atoms with E-state index < -0.39 is 0 Å². The molecular weight excluding hydrogens is 204 g/mol. The van der Waals surface area contributed by atoms with Crippen LogP contribution in [0.1, 0.15) is 25.7 Å². The summed E-state index contributed by atoms with van der Waals surface area (Å²) in [5, 5.41) is 0. The molecule has 0 aromatic carbocycles. The van der Waals surface area contributed by atoms with Gasteiger partial charge in [0.05, 0.1) is 13.1 Å². The molecule has 0 heterocycles. The summed E-state index contributed by atoms with van der Waals surface area (Å²) in [6.07, 6.45) is 8.18. The molecule has 2 bridgehead atoms. The van der Waals surface area contributed by atoms with E-state index >= 15 is 0 Å². The van der Waals surface area contributed by atoms with E-state index in [1.165, 1.54) is 25.7 Å². The van der Waals surface area contributed by atoms with Crippen molar-refractivity contribution in [3.63, 3.8) is 0 Å². The summed E-state index contributed by atoms with van der Waals surface area (Å²) in [5.74, 6) is 2.18. The van der Waals surface area contributed by atoms with E-state index in [0.29, 0.717) is 36.8 Å². The molecule has 0 radical (unpaired) electrons. The topological polar surface area (TPSA) is 58.9 Å². The maximum Gasteiger partial charge on any atom is 0.234 e. The van der Waals surface area contributed by atoms with Crippen molar-refractivity contribution in [3.05, 3.63) is 0 Å². The summed E-state index contributed by atoms with van der Waals surface area (Å²) in [6.45, 7) is 1.12. The monoisotopic (exact) mass is 220 g/mol. The Hall–Kier alpha value is -1.24. The van der Waals surface area contributed by atoms with E-state index in [-0.39, 0.29) is 0 Å². The third-order valence-corrected chi connectivity index (χ3v) is 4.25. The normalized spacial score (nSPS) is 36.2. The van der Waals surface area contributed by atoms with Gasteiger partial charge in [-0.25, -0.2) is 19.6 Å². The molecule has 0 amide bonds. The van der Waals surface area contributed by atoms with Crippen LogP contribution in [0.3, 0.4) is 0 Å². The number of carbonyl (C=O) groups excluding carboxylic acids is 2. The van der Waals surface area contributed by atoms with Gasteiger partial charge < -0.3 is 0 Å². The predicted octanol–water partition coefficient (Wildman–Crippen LogP) is 1.71. The van der Waals surface area contributed by atoms with E-state index in [4.69, 9.17) is 0 Å². The molecule has 2 rings (SSSR count). The highest BCUT2D eigenvalue weighted by atomic mass is 16.1. The number of hydrogen-bond acceptors (Lipinski definition) is 4. The zero-order valence-electron chi connectivity index (χ0n) is 9.26. The van der Waals surface area contributed by atoms with E-state index in [9.17, 15) is 9.59 Å². The number of hydrogen-bond donors (Lipinski definition) is 0. The fourth-order valence-corrected chi connectivity index (χ4v) is 3.60. The molecule has 0 aliphatic heterocycles. The van der Waals surface area contributed by atoms with Gasteiger partial charge in [-0.1, -0.05) is 19.3 Å². The zero-order chi connectivity index (χ0) is 11.4. The van der Waals surface area contributed by atoms with Crippen molar-refractivity contribution in [3.8, 4) is 0 Å². The van der Waals surface area contributed by atoms with Gasteiger partial charge in [0.2, 0.25) is 12.2 Å². The smallest absolute Gasteiger partial charge is 0.211 e. The second kappa shape index (κ2) is 5.20. The first kappa shape index (κ1) is 11.3. The van der Waals surface area contributed by atoms with Crippen LogP contribution >= 0.6 is 0 Å². The molecule has 4 heteroatoms. The quantitative estimate of drug-likeness (QED) is 0.535. The minimum Gasteiger partial charge on any atom is -0.211 e. The minimum atomic E-state index is 0.422. The third-order valence-electron chi connectivity index (χ3n) is 4.25. The summed E-state index contributed by atoms with van der Waals surface area (Å²) in [5.41, 5.74) is 0. The molecule has 2 aliphatic carbocycles. The van der Waals surface area contributed by atoms with Crippen LogP contribution in [-0.4, -0.2) is 25.2 Å². The first-order valence-corrected chi connectivity index (χ1v) is 5.94. The average Bonchev–Trinajstić information content (AvgIpc) is 2.55. The fraction of sp³-hybridized carbons (Fsp3) is 0.833. The first-order chi connectivity index (χ1) is 7.86. The predicted molar refractivity (Wildman–Crippen MR) is 58.4 cm³/mol. The summed E-state index contributed by atoms with van der Waals surface area (Å²) < 4.78 is 0. The van der Waals surface area contributed by atoms with Crippen LogP contribution in [0.25, 0.3) is 0 Å². The summed E-state index contributed by atoms with van der Waals surface area (Å²) in [6, 6.07) is 0. The Morgan fingerprint density at radius 2 is 1.44 bits per heavy atom. The van der Waals surface area contributed by atoms with E-state index in [0.717, 1.165) is 0 Å². The molecule has 86 valence electrons. The second-order valence-corrected chi connectivity index (χ2v) is 4.88. The van der Waals surface area contributed by atoms with E-state index in [1.54, 1.807) is 12.2 Å². The lowest BCUT2D eigenvalue weighted by atomic mass is 9.87. The van der Waals surface area contributed by atoms with Gasteiger partial charge in [-0.05, 0) is 30.1 Å². The third kappa shape index (κ3) is 2.13. The van der Waals surface area contributed by atoms with Gasteiger partial charge in [-0.3, -0.25) is 0 Å². The van der Waals surface area contributed by atoms with Crippen LogP contribution in [-0.2, 0) is 9.59 Å². The first-order valence-electron chi connectivity index (χ1n) is 5.94. The molecule has 4 atom stereocenters. The van der Waals surface area contributed by atoms with Gasteiger partial charge in [-0.15, -0.1) is 0 Å². The van der Waals surface area contributed by atoms with Crippen LogP contribution in [0.15, 0.2) is 9.98 Å². The summed E-state index contributed by atoms with van der Waals surface area (Å²) in [7, 11) is 0. The van der Waals surface area contributed by atoms with Gasteiger partial charge in [0, 0.05) is 0 Å². The van der Waals surface area contributed by atoms with Crippen molar-refractivity contribution in [1.82, 2.24) is 0 Å². The number of rotatable bonds is 4. The van der Waals surface area contributed by atoms with Crippen molar-refractivity contribution in [2.45, 2.75) is 25.7 Å². The van der Waals surface area contributed by atoms with Crippen molar-refractivity contribution in [1.29, 1.82) is 0 Å². The van der Waals surface area contributed by atoms with Crippen molar-refractivity contribution < 1.29 is 9.59 Å². The zero-order valence-corrected chi connectivity index (χ0v) is 9.26. The Labute approximate surface area is 94.9 Å². The van der Waals surface area contributed by atoms with Crippen LogP contribution in [0.5, 0.6) is 0 Å². The van der Waals surface area contributed by atoms with Gasteiger partial charge in [0.1, 0.15) is 0 Å². The van der Waals surface area contributed by atoms with Gasteiger partial charge in [-0.2, -0.15) is 0 Å². The molecule has 2 saturated carbocycles. The summed E-state index contributed by atoms with van der Waals surface area (Å²) >= 11 is 0. The van der Waals surface area contributed by atoms with Crippen molar-refractivity contribution in [2.24, 2.45) is 33.7 Å². The average molecular weight is 220 g/mol. The Morgan fingerprint density at radius 1 is 0.938 bits per heavy atom. The maximum atomic E-state index is 10.2. The van der Waals surface area contributed by atoms with E-state index in [2.05, 4.69) is 9.98 Å². The highest BCUT2D eigenvalue weighted by Crippen LogP contribution is 2.50. The molecule has 0 N–H and O–H groups in total. The summed E-state index contributed by atoms with van der Waals surface area (Å²) in [4.78, 5) is 27.8. The number of isocyanates is 2. The second-order valence-electron chi connectivity index (χ2n) is 4.88. The Morgan fingerprint density at radius 3 is 1.88 bits per heavy atom. The standard InChI is InChI=1S/C12H16N2O2/c15-7-13-5-11-9-2-1-3-10(4-9)12(11)6-14-8-16/h9-12H,1-6H2. The molecule has 2 fully saturated rings. The van der Waals surface area contributed by atoms with Gasteiger partial charge in [0.25, 0.3) is 0 Å². The molecule has 0 spiro atoms. The molecule has 4 unspecified atom stereocenters. The molecule has 0 saturated heterocycles. The minimum absolute atomic E-state index is 0.422. The van der Waals surface area contributed by atoms with Crippen LogP contribution in [0.4, 0.5) is 0 Å². The maximum absolute atomic E-state index is 10.2. The number of nitrogens with zero attached hydrogens (tertiary/aromatic N) is 2. The number of fused-ring (bicyclic) bond motifs is 2. The highest BCUT2D eigenvalue weighted by molar-refractivity contribution is 5.33. The van der Waals surface area contributed by atoms with Crippen LogP contribution in [0.2, 0.25) is 0 Å². The SMILES string of the molecule is O=C=NCC1C2CCCC(C2)C1CN=C=O. The Bertz CT molecular complexity index is 311. The Kier molecular flexibility index (Phi) is 3.66. The molecule has 2 aliphatic rings. The lowest BCUT2D eigenvalue weighted by Crippen LogP contribution is -2.21. The molecule has 0 aromatic rings. The number of aliphatic imine (C=N–C) groups is 2. The highest BCUT2D eigenvalue weighted by Gasteiger charge is 2.44. The molecule has 4 nitrogen and oxygen atoms in total. The van der Waals surface area contributed by atoms with Crippen molar-refractivity contribution in [2.75, 3.05) is 13.1 Å². The lowest BCUT2D eigenvalue weighted by molar-refractivity contribution is 0.315. The van der Waals surface area contributed by atoms with Crippen LogP contribution in [0, 0.1) is 23.7 Å². The Balaban J connectivity index is 2.10. The fourth-order valence-electron chi connectivity index (χ4n) is 3.60. The lowest BCUT2D eigenvalue weighted by Gasteiger charge is -2.20. The molecular formula is C12H16N2O2. The van der Waals surface area contributed by atoms with Gasteiger partial charge in [0.15, 0.2) is 0 Å². The van der Waals surface area contributed by atoms with Crippen molar-refractivity contribution >= 4 is 12.2 Å². The largest absolute Gasteiger partial charge is 0.234 e. The van der Waals surface area contributed by atoms with Crippen LogP contribution < -0.4 is 0 Å². The van der Waals surface area contributed by atoms with E-state index in [1.807, 2.05) is 0 Å². The molecule has 0 aromatic heterocycles. The molecule has 16 heavy (non-hydrogen) atoms.